The molecule has 1 aromatic heterocycles. The summed E-state index contributed by atoms with van der Waals surface area (Å²) in [6, 6.07) is 9.34. The zero-order chi connectivity index (χ0) is 15.2. The summed E-state index contributed by atoms with van der Waals surface area (Å²) >= 11 is 0. The maximum atomic E-state index is 12.1. The first-order chi connectivity index (χ1) is 10.1. The van der Waals surface area contributed by atoms with Crippen LogP contribution >= 0.6 is 12.4 Å². The Morgan fingerprint density at radius 2 is 2.05 bits per heavy atom. The van der Waals surface area contributed by atoms with Gasteiger partial charge in [-0.1, -0.05) is 37.3 Å². The van der Waals surface area contributed by atoms with Crippen LogP contribution in [-0.2, 0) is 18.3 Å². The monoisotopic (exact) mass is 323 g/mol. The molecule has 0 bridgehead atoms. The first kappa shape index (κ1) is 18.1. The van der Waals surface area contributed by atoms with E-state index in [1.165, 1.54) is 0 Å². The first-order valence-electron chi connectivity index (χ1n) is 7.00. The normalized spacial score (nSPS) is 13.0. The van der Waals surface area contributed by atoms with Crippen LogP contribution < -0.4 is 11.1 Å². The molecule has 0 saturated heterocycles. The average molecular weight is 324 g/mol. The van der Waals surface area contributed by atoms with Gasteiger partial charge in [0.2, 0.25) is 5.91 Å². The van der Waals surface area contributed by atoms with Gasteiger partial charge in [0.15, 0.2) is 5.82 Å². The van der Waals surface area contributed by atoms with Crippen molar-refractivity contribution in [3.8, 4) is 0 Å². The molecule has 0 aliphatic carbocycles. The molecular formula is C15H22ClN5O. The molecule has 1 aromatic carbocycles. The molecule has 0 spiro atoms. The minimum atomic E-state index is -0.306. The summed E-state index contributed by atoms with van der Waals surface area (Å²) in [7, 11) is 1.82. The highest BCUT2D eigenvalue weighted by Crippen LogP contribution is 2.18. The van der Waals surface area contributed by atoms with Crippen molar-refractivity contribution in [3.05, 3.63) is 48.0 Å². The smallest absolute Gasteiger partial charge is 0.224 e. The van der Waals surface area contributed by atoms with E-state index in [4.69, 9.17) is 5.73 Å². The zero-order valence-corrected chi connectivity index (χ0v) is 13.6. The summed E-state index contributed by atoms with van der Waals surface area (Å²) in [5.41, 5.74) is 7.10. The van der Waals surface area contributed by atoms with Gasteiger partial charge in [0.1, 0.15) is 6.33 Å². The van der Waals surface area contributed by atoms with Gasteiger partial charge in [0.05, 0.1) is 5.92 Å². The second kappa shape index (κ2) is 8.51. The van der Waals surface area contributed by atoms with E-state index in [0.717, 1.165) is 11.4 Å². The van der Waals surface area contributed by atoms with E-state index in [-0.39, 0.29) is 30.3 Å². The number of carbonyl (C=O) groups excluding carboxylic acids is 1. The molecule has 120 valence electrons. The molecule has 2 atom stereocenters. The molecule has 2 rings (SSSR count). The highest BCUT2D eigenvalue weighted by atomic mass is 35.5. The lowest BCUT2D eigenvalue weighted by Gasteiger charge is -2.19. The standard InChI is InChI=1S/C15H21N5O.ClH/c1-11(14(16)12-6-4-3-5-7-12)15(21)17-9-8-13-18-10-20(2)19-13;/h3-7,10-11,14H,8-9,16H2,1-2H3,(H,17,21);1H. The summed E-state index contributed by atoms with van der Waals surface area (Å²) < 4.78 is 1.64. The molecule has 2 aromatic rings. The topological polar surface area (TPSA) is 85.8 Å². The maximum absolute atomic E-state index is 12.1. The van der Waals surface area contributed by atoms with Crippen LogP contribution in [-0.4, -0.2) is 27.2 Å². The van der Waals surface area contributed by atoms with E-state index >= 15 is 0 Å². The third-order valence-electron chi connectivity index (χ3n) is 3.43. The minimum Gasteiger partial charge on any atom is -0.355 e. The molecule has 6 nitrogen and oxygen atoms in total. The number of benzene rings is 1. The second-order valence-corrected chi connectivity index (χ2v) is 5.10. The fourth-order valence-electron chi connectivity index (χ4n) is 2.08. The van der Waals surface area contributed by atoms with Crippen molar-refractivity contribution >= 4 is 18.3 Å². The molecule has 0 aliphatic heterocycles. The Hall–Kier alpha value is -1.92. The Bertz CT molecular complexity index is 587. The third-order valence-corrected chi connectivity index (χ3v) is 3.43. The Morgan fingerprint density at radius 1 is 1.36 bits per heavy atom. The van der Waals surface area contributed by atoms with E-state index in [1.54, 1.807) is 11.0 Å². The van der Waals surface area contributed by atoms with Crippen LogP contribution in [0.2, 0.25) is 0 Å². The molecule has 0 saturated carbocycles. The Kier molecular flexibility index (Phi) is 7.01. The van der Waals surface area contributed by atoms with Gasteiger partial charge in [-0.3, -0.25) is 9.48 Å². The quantitative estimate of drug-likeness (QED) is 0.837. The summed E-state index contributed by atoms with van der Waals surface area (Å²) in [4.78, 5) is 16.2. The highest BCUT2D eigenvalue weighted by Gasteiger charge is 2.21. The molecule has 7 heteroatoms. The number of nitrogens with one attached hydrogen (secondary N) is 1. The predicted octanol–water partition coefficient (Wildman–Crippen LogP) is 1.23. The molecule has 1 heterocycles. The number of nitrogens with zero attached hydrogens (tertiary/aromatic N) is 3. The number of nitrogens with two attached hydrogens (primary N) is 1. The van der Waals surface area contributed by atoms with Crippen LogP contribution in [0, 0.1) is 5.92 Å². The highest BCUT2D eigenvalue weighted by molar-refractivity contribution is 5.85. The van der Waals surface area contributed by atoms with E-state index in [2.05, 4.69) is 15.4 Å². The van der Waals surface area contributed by atoms with Crippen LogP contribution in [0.3, 0.4) is 0 Å². The third kappa shape index (κ3) is 4.82. The Morgan fingerprint density at radius 3 is 2.64 bits per heavy atom. The van der Waals surface area contributed by atoms with E-state index < -0.39 is 0 Å². The van der Waals surface area contributed by atoms with Gasteiger partial charge in [-0.2, -0.15) is 5.10 Å². The number of hydrogen-bond donors (Lipinski definition) is 2. The Labute approximate surface area is 136 Å². The number of hydrogen-bond acceptors (Lipinski definition) is 4. The Balaban J connectivity index is 0.00000242. The van der Waals surface area contributed by atoms with Gasteiger partial charge in [0.25, 0.3) is 0 Å². The number of carbonyl (C=O) groups is 1. The summed E-state index contributed by atoms with van der Waals surface area (Å²) in [6.07, 6.45) is 2.25. The SMILES string of the molecule is CC(C(=O)NCCc1ncn(C)n1)C(N)c1ccccc1.Cl. The van der Waals surface area contributed by atoms with E-state index in [9.17, 15) is 4.79 Å². The molecule has 0 fully saturated rings. The van der Waals surface area contributed by atoms with Gasteiger partial charge in [-0.15, -0.1) is 12.4 Å². The largest absolute Gasteiger partial charge is 0.355 e. The van der Waals surface area contributed by atoms with Gasteiger partial charge in [-0.05, 0) is 5.56 Å². The molecule has 0 aliphatic rings. The van der Waals surface area contributed by atoms with E-state index in [1.807, 2.05) is 44.3 Å². The molecule has 22 heavy (non-hydrogen) atoms. The van der Waals surface area contributed by atoms with Crippen molar-refractivity contribution in [2.24, 2.45) is 18.7 Å². The average Bonchev–Trinajstić information content (AvgIpc) is 2.92. The number of aryl methyl sites for hydroxylation is 1. The lowest BCUT2D eigenvalue weighted by molar-refractivity contribution is -0.125. The van der Waals surface area contributed by atoms with Crippen LogP contribution in [0.25, 0.3) is 0 Å². The lowest BCUT2D eigenvalue weighted by atomic mass is 9.95. The maximum Gasteiger partial charge on any atom is 0.224 e. The van der Waals surface area contributed by atoms with Crippen LogP contribution in [0.4, 0.5) is 0 Å². The molecule has 2 unspecified atom stereocenters. The fourth-order valence-corrected chi connectivity index (χ4v) is 2.08. The van der Waals surface area contributed by atoms with Gasteiger partial charge in [0, 0.05) is 26.1 Å². The minimum absolute atomic E-state index is 0. The van der Waals surface area contributed by atoms with Crippen molar-refractivity contribution in [2.45, 2.75) is 19.4 Å². The van der Waals surface area contributed by atoms with Crippen molar-refractivity contribution in [1.29, 1.82) is 0 Å². The summed E-state index contributed by atoms with van der Waals surface area (Å²) in [6.45, 7) is 2.35. The number of rotatable bonds is 6. The number of amides is 1. The van der Waals surface area contributed by atoms with Gasteiger partial charge in [-0.25, -0.2) is 4.98 Å². The fraction of sp³-hybridized carbons (Fsp3) is 0.400. The van der Waals surface area contributed by atoms with Crippen molar-refractivity contribution < 1.29 is 4.79 Å². The molecule has 1 amide bonds. The molecule has 3 N–H and O–H groups in total. The summed E-state index contributed by atoms with van der Waals surface area (Å²) in [5.74, 6) is 0.379. The van der Waals surface area contributed by atoms with Crippen LogP contribution in [0.1, 0.15) is 24.4 Å². The van der Waals surface area contributed by atoms with Crippen molar-refractivity contribution in [1.82, 2.24) is 20.1 Å². The number of aromatic nitrogens is 3. The summed E-state index contributed by atoms with van der Waals surface area (Å²) in [5, 5.41) is 7.05. The molecular weight excluding hydrogens is 302 g/mol. The van der Waals surface area contributed by atoms with Crippen molar-refractivity contribution in [3.63, 3.8) is 0 Å². The second-order valence-electron chi connectivity index (χ2n) is 5.10. The first-order valence-corrected chi connectivity index (χ1v) is 7.00. The van der Waals surface area contributed by atoms with Gasteiger partial charge >= 0.3 is 0 Å². The van der Waals surface area contributed by atoms with Crippen LogP contribution in [0.15, 0.2) is 36.7 Å². The van der Waals surface area contributed by atoms with Gasteiger partial charge < -0.3 is 11.1 Å². The zero-order valence-electron chi connectivity index (χ0n) is 12.8. The van der Waals surface area contributed by atoms with E-state index in [0.29, 0.717) is 13.0 Å². The lowest BCUT2D eigenvalue weighted by Crippen LogP contribution is -2.36. The molecule has 0 radical (unpaired) electrons. The predicted molar refractivity (Wildman–Crippen MR) is 87.5 cm³/mol. The van der Waals surface area contributed by atoms with Crippen molar-refractivity contribution in [2.75, 3.05) is 6.54 Å². The number of halogens is 1. The van der Waals surface area contributed by atoms with Crippen LogP contribution in [0.5, 0.6) is 0 Å².